The number of hydrogen-bond donors (Lipinski definition) is 3. The summed E-state index contributed by atoms with van der Waals surface area (Å²) in [5, 5.41) is 8.65. The summed E-state index contributed by atoms with van der Waals surface area (Å²) in [6.07, 6.45) is 0.425. The number of aliphatic hydroxyl groups is 1. The molecular formula is C13H18N2O3S. The van der Waals surface area contributed by atoms with Gasteiger partial charge in [0, 0.05) is 18.5 Å². The molecule has 5 nitrogen and oxygen atoms in total. The SMILES string of the molecule is CCNS(=O)(=O)Nc1ccc(C#CCCO)c(C)c1. The molecule has 0 aliphatic carbocycles. The second kappa shape index (κ2) is 7.14. The summed E-state index contributed by atoms with van der Waals surface area (Å²) in [5.74, 6) is 5.76. The molecule has 0 atom stereocenters. The lowest BCUT2D eigenvalue weighted by molar-refractivity contribution is 0.305. The lowest BCUT2D eigenvalue weighted by atomic mass is 10.1. The molecule has 0 fully saturated rings. The van der Waals surface area contributed by atoms with E-state index < -0.39 is 10.2 Å². The molecule has 0 aliphatic rings. The molecule has 0 bridgehead atoms. The fourth-order valence-corrected chi connectivity index (χ4v) is 2.35. The number of rotatable bonds is 5. The molecule has 104 valence electrons. The average molecular weight is 282 g/mol. The van der Waals surface area contributed by atoms with Gasteiger partial charge in [-0.05, 0) is 30.7 Å². The van der Waals surface area contributed by atoms with Crippen LogP contribution in [0.3, 0.4) is 0 Å². The summed E-state index contributed by atoms with van der Waals surface area (Å²) >= 11 is 0. The van der Waals surface area contributed by atoms with Gasteiger partial charge >= 0.3 is 0 Å². The van der Waals surface area contributed by atoms with Crippen molar-refractivity contribution in [3.05, 3.63) is 29.3 Å². The van der Waals surface area contributed by atoms with E-state index in [-0.39, 0.29) is 6.61 Å². The monoisotopic (exact) mass is 282 g/mol. The Morgan fingerprint density at radius 3 is 2.68 bits per heavy atom. The lowest BCUT2D eigenvalue weighted by Crippen LogP contribution is -2.29. The zero-order valence-electron chi connectivity index (χ0n) is 11.0. The van der Waals surface area contributed by atoms with Crippen LogP contribution < -0.4 is 9.44 Å². The number of hydrogen-bond acceptors (Lipinski definition) is 3. The summed E-state index contributed by atoms with van der Waals surface area (Å²) in [5.41, 5.74) is 2.19. The van der Waals surface area contributed by atoms with Crippen molar-refractivity contribution >= 4 is 15.9 Å². The van der Waals surface area contributed by atoms with Gasteiger partial charge in [-0.1, -0.05) is 18.8 Å². The van der Waals surface area contributed by atoms with Crippen LogP contribution in [0.2, 0.25) is 0 Å². The molecule has 0 unspecified atom stereocenters. The van der Waals surface area contributed by atoms with Gasteiger partial charge in [-0.25, -0.2) is 0 Å². The highest BCUT2D eigenvalue weighted by molar-refractivity contribution is 7.90. The Morgan fingerprint density at radius 1 is 1.37 bits per heavy atom. The van der Waals surface area contributed by atoms with Crippen LogP contribution in [-0.4, -0.2) is 26.7 Å². The van der Waals surface area contributed by atoms with E-state index in [1.807, 2.05) is 6.92 Å². The second-order valence-electron chi connectivity index (χ2n) is 3.91. The normalized spacial score (nSPS) is 10.7. The minimum atomic E-state index is -3.50. The van der Waals surface area contributed by atoms with Gasteiger partial charge in [0.15, 0.2) is 0 Å². The third-order valence-corrected chi connectivity index (χ3v) is 3.45. The van der Waals surface area contributed by atoms with E-state index in [2.05, 4.69) is 21.3 Å². The topological polar surface area (TPSA) is 78.4 Å². The van der Waals surface area contributed by atoms with Crippen LogP contribution in [0.15, 0.2) is 18.2 Å². The maximum absolute atomic E-state index is 11.5. The Bertz CT molecular complexity index is 586. The largest absolute Gasteiger partial charge is 0.395 e. The molecule has 0 aromatic heterocycles. The van der Waals surface area contributed by atoms with Crippen LogP contribution >= 0.6 is 0 Å². The van der Waals surface area contributed by atoms with Gasteiger partial charge in [-0.15, -0.1) is 0 Å². The summed E-state index contributed by atoms with van der Waals surface area (Å²) in [6.45, 7) is 3.93. The third kappa shape index (κ3) is 5.30. The van der Waals surface area contributed by atoms with Crippen molar-refractivity contribution in [2.45, 2.75) is 20.3 Å². The van der Waals surface area contributed by atoms with Crippen molar-refractivity contribution in [1.29, 1.82) is 0 Å². The maximum atomic E-state index is 11.5. The number of nitrogens with one attached hydrogen (secondary N) is 2. The van der Waals surface area contributed by atoms with E-state index in [1.54, 1.807) is 25.1 Å². The molecule has 0 saturated heterocycles. The molecule has 0 saturated carbocycles. The summed E-state index contributed by atoms with van der Waals surface area (Å²) < 4.78 is 27.8. The molecule has 0 heterocycles. The number of aliphatic hydroxyl groups excluding tert-OH is 1. The summed E-state index contributed by atoms with van der Waals surface area (Å²) in [7, 11) is -3.50. The van der Waals surface area contributed by atoms with Crippen molar-refractivity contribution in [2.24, 2.45) is 0 Å². The van der Waals surface area contributed by atoms with Gasteiger partial charge in [-0.3, -0.25) is 4.72 Å². The first kappa shape index (κ1) is 15.5. The van der Waals surface area contributed by atoms with Crippen molar-refractivity contribution < 1.29 is 13.5 Å². The smallest absolute Gasteiger partial charge is 0.299 e. The highest BCUT2D eigenvalue weighted by Gasteiger charge is 2.08. The summed E-state index contributed by atoms with van der Waals surface area (Å²) in [6, 6.07) is 5.13. The quantitative estimate of drug-likeness (QED) is 0.705. The second-order valence-corrected chi connectivity index (χ2v) is 5.41. The van der Waals surface area contributed by atoms with E-state index in [4.69, 9.17) is 5.11 Å². The van der Waals surface area contributed by atoms with Crippen LogP contribution in [0.4, 0.5) is 5.69 Å². The first-order valence-electron chi connectivity index (χ1n) is 5.96. The summed E-state index contributed by atoms with van der Waals surface area (Å²) in [4.78, 5) is 0. The van der Waals surface area contributed by atoms with E-state index in [0.717, 1.165) is 11.1 Å². The van der Waals surface area contributed by atoms with Crippen LogP contribution in [0.5, 0.6) is 0 Å². The van der Waals surface area contributed by atoms with Gasteiger partial charge in [0.1, 0.15) is 0 Å². The molecule has 0 aliphatic heterocycles. The molecule has 6 heteroatoms. The van der Waals surface area contributed by atoms with Crippen LogP contribution in [0, 0.1) is 18.8 Å². The molecule has 1 aromatic rings. The van der Waals surface area contributed by atoms with E-state index >= 15 is 0 Å². The van der Waals surface area contributed by atoms with Gasteiger partial charge in [0.05, 0.1) is 12.3 Å². The fraction of sp³-hybridized carbons (Fsp3) is 0.385. The van der Waals surface area contributed by atoms with Crippen LogP contribution in [0.25, 0.3) is 0 Å². The minimum Gasteiger partial charge on any atom is -0.395 e. The van der Waals surface area contributed by atoms with Crippen molar-refractivity contribution in [3.63, 3.8) is 0 Å². The van der Waals surface area contributed by atoms with Crippen molar-refractivity contribution in [2.75, 3.05) is 17.9 Å². The Morgan fingerprint density at radius 2 is 2.11 bits per heavy atom. The van der Waals surface area contributed by atoms with Gasteiger partial charge in [0.25, 0.3) is 10.2 Å². The zero-order chi connectivity index (χ0) is 14.3. The van der Waals surface area contributed by atoms with Crippen LogP contribution in [0.1, 0.15) is 24.5 Å². The van der Waals surface area contributed by atoms with Gasteiger partial charge < -0.3 is 5.11 Å². The first-order valence-corrected chi connectivity index (χ1v) is 7.44. The lowest BCUT2D eigenvalue weighted by Gasteiger charge is -2.09. The van der Waals surface area contributed by atoms with Gasteiger partial charge in [0.2, 0.25) is 0 Å². The molecule has 0 spiro atoms. The molecular weight excluding hydrogens is 264 g/mol. The van der Waals surface area contributed by atoms with Crippen LogP contribution in [-0.2, 0) is 10.2 Å². The van der Waals surface area contributed by atoms with E-state index in [0.29, 0.717) is 18.7 Å². The Labute approximate surface area is 114 Å². The number of anilines is 1. The fourth-order valence-electron chi connectivity index (χ4n) is 1.46. The molecule has 1 rings (SSSR count). The maximum Gasteiger partial charge on any atom is 0.299 e. The third-order valence-electron chi connectivity index (χ3n) is 2.27. The van der Waals surface area contributed by atoms with Gasteiger partial charge in [-0.2, -0.15) is 13.1 Å². The molecule has 1 aromatic carbocycles. The minimum absolute atomic E-state index is 0.0343. The highest BCUT2D eigenvalue weighted by atomic mass is 32.2. The molecule has 0 amide bonds. The zero-order valence-corrected chi connectivity index (χ0v) is 11.8. The first-order chi connectivity index (χ1) is 8.98. The number of aryl methyl sites for hydroxylation is 1. The van der Waals surface area contributed by atoms with E-state index in [9.17, 15) is 8.42 Å². The average Bonchev–Trinajstić information content (AvgIpc) is 2.31. The van der Waals surface area contributed by atoms with Crippen molar-refractivity contribution in [3.8, 4) is 11.8 Å². The molecule has 19 heavy (non-hydrogen) atoms. The Hall–Kier alpha value is -1.55. The molecule has 3 N–H and O–H groups in total. The van der Waals surface area contributed by atoms with Crippen molar-refractivity contribution in [1.82, 2.24) is 4.72 Å². The van der Waals surface area contributed by atoms with E-state index in [1.165, 1.54) is 0 Å². The Balaban J connectivity index is 2.86. The predicted molar refractivity (Wildman–Crippen MR) is 76.0 cm³/mol. The number of benzene rings is 1. The molecule has 0 radical (unpaired) electrons. The standard InChI is InChI=1S/C13H18N2O3S/c1-3-14-19(17,18)15-13-8-7-12(11(2)10-13)6-4-5-9-16/h7-8,10,14-16H,3,5,9H2,1-2H3. The highest BCUT2D eigenvalue weighted by Crippen LogP contribution is 2.15. The predicted octanol–water partition coefficient (Wildman–Crippen LogP) is 0.995. The Kier molecular flexibility index (Phi) is 5.83.